The fraction of sp³-hybridized carbons (Fsp3) is 0.222. The van der Waals surface area contributed by atoms with Crippen LogP contribution in [0.5, 0.6) is 17.4 Å². The number of rotatable bonds is 8. The highest BCUT2D eigenvalue weighted by atomic mass is 32.2. The Morgan fingerprint density at radius 1 is 0.923 bits per heavy atom. The molecule has 0 radical (unpaired) electrons. The van der Waals surface area contributed by atoms with Gasteiger partial charge < -0.3 is 29.1 Å². The summed E-state index contributed by atoms with van der Waals surface area (Å²) in [6, 6.07) is 25.6. The van der Waals surface area contributed by atoms with Crippen LogP contribution in [0.25, 0.3) is 21.9 Å². The number of pyridine rings is 1. The number of carbonyl (C=O) groups is 1. The van der Waals surface area contributed by atoms with Gasteiger partial charge in [-0.1, -0.05) is 30.3 Å². The molecule has 16 heteroatoms. The average molecular weight is 738 g/mol. The number of alkyl halides is 3. The van der Waals surface area contributed by atoms with E-state index in [0.29, 0.717) is 66.7 Å². The van der Waals surface area contributed by atoms with E-state index in [1.165, 1.54) is 12.3 Å². The van der Waals surface area contributed by atoms with Crippen LogP contribution in [0.2, 0.25) is 0 Å². The third kappa shape index (κ3) is 9.01. The fourth-order valence-electron chi connectivity index (χ4n) is 5.62. The SMILES string of the molecule is Cn1c(C(=O)N2CCN(Cc3ccc(OCC(F)(F)F)cc3)CC2)cc2ccc(Oc3ccc(N)cn3)cc21.O=S(=O)(O)c1cc2ccccc2o1. The molecule has 52 heavy (non-hydrogen) atoms. The van der Waals surface area contributed by atoms with Crippen LogP contribution in [0.4, 0.5) is 18.9 Å². The summed E-state index contributed by atoms with van der Waals surface area (Å²) in [5.41, 5.74) is 9.10. The molecule has 1 aliphatic rings. The third-order valence-electron chi connectivity index (χ3n) is 8.27. The number of nitrogen functional groups attached to an aromatic ring is 1. The largest absolute Gasteiger partial charge is 0.484 e. The maximum absolute atomic E-state index is 13.4. The first kappa shape index (κ1) is 36.2. The van der Waals surface area contributed by atoms with E-state index in [-0.39, 0.29) is 11.7 Å². The van der Waals surface area contributed by atoms with Crippen LogP contribution >= 0.6 is 0 Å². The first-order valence-electron chi connectivity index (χ1n) is 16.0. The van der Waals surface area contributed by atoms with Crippen molar-refractivity contribution >= 4 is 43.6 Å². The van der Waals surface area contributed by atoms with Crippen molar-refractivity contribution in [3.05, 3.63) is 108 Å². The number of hydrogen-bond acceptors (Lipinski definition) is 9. The van der Waals surface area contributed by atoms with Crippen molar-refractivity contribution in [2.75, 3.05) is 38.5 Å². The molecule has 0 spiro atoms. The lowest BCUT2D eigenvalue weighted by Crippen LogP contribution is -2.48. The summed E-state index contributed by atoms with van der Waals surface area (Å²) in [6.07, 6.45) is -2.84. The van der Waals surface area contributed by atoms with Crippen LogP contribution in [0.15, 0.2) is 107 Å². The number of halogens is 3. The van der Waals surface area contributed by atoms with Gasteiger partial charge in [-0.2, -0.15) is 21.6 Å². The summed E-state index contributed by atoms with van der Waals surface area (Å²) in [5.74, 6) is 1.18. The molecule has 7 rings (SSSR count). The van der Waals surface area contributed by atoms with Crippen molar-refractivity contribution in [1.29, 1.82) is 0 Å². The molecule has 1 saturated heterocycles. The van der Waals surface area contributed by atoms with Crippen molar-refractivity contribution in [2.24, 2.45) is 7.05 Å². The summed E-state index contributed by atoms with van der Waals surface area (Å²) >= 11 is 0. The number of hydrogen-bond donors (Lipinski definition) is 2. The second-order valence-electron chi connectivity index (χ2n) is 12.0. The maximum Gasteiger partial charge on any atom is 0.422 e. The number of amides is 1. The Labute approximate surface area is 296 Å². The van der Waals surface area contributed by atoms with Crippen LogP contribution < -0.4 is 15.2 Å². The highest BCUT2D eigenvalue weighted by Crippen LogP contribution is 2.28. The Morgan fingerprint density at radius 2 is 1.63 bits per heavy atom. The smallest absolute Gasteiger partial charge is 0.422 e. The summed E-state index contributed by atoms with van der Waals surface area (Å²) in [5, 5.41) is 1.16. The van der Waals surface area contributed by atoms with Gasteiger partial charge in [-0.15, -0.1) is 0 Å². The van der Waals surface area contributed by atoms with Gasteiger partial charge >= 0.3 is 16.3 Å². The molecule has 0 saturated carbocycles. The highest BCUT2D eigenvalue weighted by molar-refractivity contribution is 7.85. The van der Waals surface area contributed by atoms with E-state index in [9.17, 15) is 26.4 Å². The van der Waals surface area contributed by atoms with E-state index in [1.807, 2.05) is 40.8 Å². The topological polar surface area (TPSA) is 153 Å². The lowest BCUT2D eigenvalue weighted by Gasteiger charge is -2.34. The van der Waals surface area contributed by atoms with E-state index in [2.05, 4.69) is 9.88 Å². The molecule has 12 nitrogen and oxygen atoms in total. The Morgan fingerprint density at radius 3 is 2.29 bits per heavy atom. The first-order chi connectivity index (χ1) is 24.7. The zero-order chi connectivity index (χ0) is 37.0. The van der Waals surface area contributed by atoms with Crippen LogP contribution in [0.3, 0.4) is 0 Å². The molecule has 0 atom stereocenters. The number of piperazine rings is 1. The molecule has 3 aromatic heterocycles. The van der Waals surface area contributed by atoms with Gasteiger partial charge in [0.05, 0.1) is 17.4 Å². The number of fused-ring (bicyclic) bond motifs is 2. The summed E-state index contributed by atoms with van der Waals surface area (Å²) in [7, 11) is -2.37. The van der Waals surface area contributed by atoms with E-state index in [0.717, 1.165) is 16.5 Å². The minimum atomic E-state index is -4.37. The van der Waals surface area contributed by atoms with E-state index in [1.54, 1.807) is 60.7 Å². The monoisotopic (exact) mass is 737 g/mol. The summed E-state index contributed by atoms with van der Waals surface area (Å²) < 4.78 is 84.4. The molecular weight excluding hydrogens is 703 g/mol. The van der Waals surface area contributed by atoms with Gasteiger partial charge in [0.25, 0.3) is 5.91 Å². The maximum atomic E-state index is 13.4. The van der Waals surface area contributed by atoms with Gasteiger partial charge in [0.2, 0.25) is 11.0 Å². The summed E-state index contributed by atoms with van der Waals surface area (Å²) in [4.78, 5) is 21.6. The zero-order valence-corrected chi connectivity index (χ0v) is 28.6. The number of anilines is 1. The molecule has 1 aliphatic heterocycles. The van der Waals surface area contributed by atoms with Gasteiger partial charge in [0.15, 0.2) is 6.61 Å². The molecule has 4 heterocycles. The van der Waals surface area contributed by atoms with Crippen molar-refractivity contribution < 1.29 is 44.8 Å². The van der Waals surface area contributed by atoms with Gasteiger partial charge in [-0.05, 0) is 48.0 Å². The molecule has 0 unspecified atom stereocenters. The number of nitrogens with two attached hydrogens (primary N) is 1. The second kappa shape index (κ2) is 15.0. The number of nitrogens with zero attached hydrogens (tertiary/aromatic N) is 4. The summed E-state index contributed by atoms with van der Waals surface area (Å²) in [6.45, 7) is 1.86. The molecule has 3 N–H and O–H groups in total. The lowest BCUT2D eigenvalue weighted by atomic mass is 10.2. The predicted octanol–water partition coefficient (Wildman–Crippen LogP) is 6.53. The van der Waals surface area contributed by atoms with Crippen molar-refractivity contribution in [1.82, 2.24) is 19.4 Å². The highest BCUT2D eigenvalue weighted by Gasteiger charge is 2.28. The van der Waals surface area contributed by atoms with Gasteiger partial charge in [-0.3, -0.25) is 14.2 Å². The number of aromatic nitrogens is 2. The molecule has 6 aromatic rings. The van der Waals surface area contributed by atoms with Crippen LogP contribution in [0.1, 0.15) is 16.1 Å². The Bertz CT molecular complexity index is 2250. The first-order valence-corrected chi connectivity index (χ1v) is 17.4. The molecule has 0 bridgehead atoms. The number of ether oxygens (including phenoxy) is 2. The van der Waals surface area contributed by atoms with Gasteiger partial charge in [0.1, 0.15) is 22.8 Å². The quantitative estimate of drug-likeness (QED) is 0.165. The number of benzene rings is 3. The second-order valence-corrected chi connectivity index (χ2v) is 13.4. The Hall–Kier alpha value is -5.58. The van der Waals surface area contributed by atoms with Crippen molar-refractivity contribution in [2.45, 2.75) is 17.8 Å². The van der Waals surface area contributed by atoms with E-state index < -0.39 is 28.0 Å². The predicted molar refractivity (Wildman–Crippen MR) is 187 cm³/mol. The molecule has 272 valence electrons. The van der Waals surface area contributed by atoms with Crippen molar-refractivity contribution in [3.8, 4) is 17.4 Å². The van der Waals surface area contributed by atoms with Crippen LogP contribution in [-0.4, -0.2) is 77.2 Å². The molecule has 1 fully saturated rings. The molecule has 1 amide bonds. The van der Waals surface area contributed by atoms with Crippen molar-refractivity contribution in [3.63, 3.8) is 0 Å². The Balaban J connectivity index is 0.000000299. The number of aryl methyl sites for hydroxylation is 1. The minimum Gasteiger partial charge on any atom is -0.484 e. The third-order valence-corrected chi connectivity index (χ3v) is 8.98. The van der Waals surface area contributed by atoms with Crippen LogP contribution in [0, 0.1) is 0 Å². The van der Waals surface area contributed by atoms with Gasteiger partial charge in [0, 0.05) is 68.7 Å². The minimum absolute atomic E-state index is 0.0396. The molecular formula is C36H34F3N5O7S. The average Bonchev–Trinajstić information content (AvgIpc) is 3.71. The van der Waals surface area contributed by atoms with E-state index in [4.69, 9.17) is 24.2 Å². The van der Waals surface area contributed by atoms with E-state index >= 15 is 0 Å². The standard InChI is InChI=1S/C28H28F3N5O3.C8H6O4S/c1-34-24-15-23(39-26-9-5-21(32)16-33-26)8-4-20(24)14-25(34)27(37)36-12-10-35(11-13-36)17-19-2-6-22(7-3-19)38-18-28(29,30)31;9-13(10,11)8-5-6-3-1-2-4-7(6)12-8/h2-9,14-16H,10-13,17-18,32H2,1H3;1-5H,(H,9,10,11). The number of carbonyl (C=O) groups excluding carboxylic acids is 1. The number of furan rings is 1. The van der Waals surface area contributed by atoms with Crippen LogP contribution in [-0.2, 0) is 23.7 Å². The number of para-hydroxylation sites is 1. The normalized spacial score (nSPS) is 13.9. The molecule has 3 aromatic carbocycles. The van der Waals surface area contributed by atoms with Gasteiger partial charge in [-0.25, -0.2) is 4.98 Å². The Kier molecular flexibility index (Phi) is 10.4. The molecule has 0 aliphatic carbocycles. The zero-order valence-electron chi connectivity index (χ0n) is 27.8. The lowest BCUT2D eigenvalue weighted by molar-refractivity contribution is -0.153. The fourth-order valence-corrected chi connectivity index (χ4v) is 6.09.